The summed E-state index contributed by atoms with van der Waals surface area (Å²) in [5, 5.41) is 8.66. The van der Waals surface area contributed by atoms with Crippen LogP contribution < -0.4 is 5.73 Å². The number of amides is 1. The molecule has 20 heavy (non-hydrogen) atoms. The van der Waals surface area contributed by atoms with Crippen LogP contribution in [0.3, 0.4) is 0 Å². The second-order valence-corrected chi connectivity index (χ2v) is 5.04. The number of hydrogen-bond acceptors (Lipinski definition) is 3. The maximum Gasteiger partial charge on any atom is 0.303 e. The van der Waals surface area contributed by atoms with Crippen LogP contribution in [0.5, 0.6) is 0 Å². The van der Waals surface area contributed by atoms with Gasteiger partial charge in [0.1, 0.15) is 5.82 Å². The molecule has 0 bridgehead atoms. The fourth-order valence-corrected chi connectivity index (χ4v) is 2.47. The minimum atomic E-state index is -0.829. The third-order valence-electron chi connectivity index (χ3n) is 3.62. The Morgan fingerprint density at radius 3 is 2.90 bits per heavy atom. The Hall–Kier alpha value is -2.11. The zero-order valence-corrected chi connectivity index (χ0v) is 11.0. The van der Waals surface area contributed by atoms with Crippen molar-refractivity contribution in [1.82, 2.24) is 4.90 Å². The molecule has 1 amide bonds. The quantitative estimate of drug-likeness (QED) is 0.823. The number of anilines is 1. The van der Waals surface area contributed by atoms with Crippen molar-refractivity contribution in [3.63, 3.8) is 0 Å². The number of nitrogens with two attached hydrogens (primary N) is 1. The number of aliphatic carboxylic acids is 1. The molecule has 1 aliphatic heterocycles. The van der Waals surface area contributed by atoms with Crippen LogP contribution >= 0.6 is 0 Å². The molecule has 3 N–H and O–H groups in total. The molecule has 1 fully saturated rings. The van der Waals surface area contributed by atoms with Crippen molar-refractivity contribution >= 4 is 17.6 Å². The molecule has 1 atom stereocenters. The molecule has 0 radical (unpaired) electrons. The predicted octanol–water partition coefficient (Wildman–Crippen LogP) is 1.73. The van der Waals surface area contributed by atoms with Crippen molar-refractivity contribution in [2.24, 2.45) is 5.92 Å². The summed E-state index contributed by atoms with van der Waals surface area (Å²) in [7, 11) is 0. The number of carbonyl (C=O) groups is 2. The van der Waals surface area contributed by atoms with Gasteiger partial charge in [0, 0.05) is 19.5 Å². The van der Waals surface area contributed by atoms with Gasteiger partial charge in [0.2, 0.25) is 0 Å². The second-order valence-electron chi connectivity index (χ2n) is 5.04. The number of halogens is 1. The lowest BCUT2D eigenvalue weighted by Crippen LogP contribution is -2.29. The molecule has 0 spiro atoms. The van der Waals surface area contributed by atoms with Gasteiger partial charge in [-0.15, -0.1) is 0 Å². The number of likely N-dealkylation sites (tertiary alicyclic amines) is 1. The summed E-state index contributed by atoms with van der Waals surface area (Å²) in [5.74, 6) is -1.54. The first kappa shape index (κ1) is 14.3. The molecule has 6 heteroatoms. The number of nitrogens with zero attached hydrogens (tertiary/aromatic N) is 1. The number of para-hydroxylation sites is 1. The van der Waals surface area contributed by atoms with Crippen LogP contribution in [0, 0.1) is 11.7 Å². The molecular weight excluding hydrogens is 263 g/mol. The molecule has 0 aliphatic carbocycles. The lowest BCUT2D eigenvalue weighted by Gasteiger charge is -2.17. The number of hydrogen-bond donors (Lipinski definition) is 2. The van der Waals surface area contributed by atoms with Gasteiger partial charge in [0.15, 0.2) is 0 Å². The van der Waals surface area contributed by atoms with E-state index in [1.165, 1.54) is 18.2 Å². The van der Waals surface area contributed by atoms with E-state index in [0.717, 1.165) is 6.42 Å². The van der Waals surface area contributed by atoms with Crippen molar-refractivity contribution in [2.45, 2.75) is 19.3 Å². The summed E-state index contributed by atoms with van der Waals surface area (Å²) in [6, 6.07) is 4.17. The molecule has 1 aromatic rings. The second kappa shape index (κ2) is 5.90. The average molecular weight is 280 g/mol. The van der Waals surface area contributed by atoms with Crippen LogP contribution in [0.25, 0.3) is 0 Å². The highest BCUT2D eigenvalue weighted by molar-refractivity contribution is 5.99. The van der Waals surface area contributed by atoms with Gasteiger partial charge >= 0.3 is 5.97 Å². The van der Waals surface area contributed by atoms with E-state index in [1.807, 2.05) is 0 Å². The Bertz CT molecular complexity index is 533. The van der Waals surface area contributed by atoms with Gasteiger partial charge in [-0.2, -0.15) is 0 Å². The number of carboxylic acids is 1. The van der Waals surface area contributed by atoms with Crippen molar-refractivity contribution < 1.29 is 19.1 Å². The Labute approximate surface area is 116 Å². The van der Waals surface area contributed by atoms with Crippen molar-refractivity contribution in [1.29, 1.82) is 0 Å². The number of rotatable bonds is 4. The molecule has 5 nitrogen and oxygen atoms in total. The first-order valence-electron chi connectivity index (χ1n) is 6.54. The number of carbonyl (C=O) groups excluding carboxylic acids is 1. The lowest BCUT2D eigenvalue weighted by molar-refractivity contribution is -0.137. The molecule has 1 heterocycles. The maximum absolute atomic E-state index is 13.4. The standard InChI is InChI=1S/C14H17FN2O3/c15-11-3-1-2-10(13(11)16)14(20)17-7-6-9(8-17)4-5-12(18)19/h1-3,9H,4-8,16H2,(H,18,19). The van der Waals surface area contributed by atoms with E-state index < -0.39 is 11.8 Å². The molecule has 1 aliphatic rings. The van der Waals surface area contributed by atoms with Crippen LogP contribution in [0.4, 0.5) is 10.1 Å². The monoisotopic (exact) mass is 280 g/mol. The van der Waals surface area contributed by atoms with Crippen molar-refractivity contribution in [2.75, 3.05) is 18.8 Å². The number of benzene rings is 1. The van der Waals surface area contributed by atoms with Crippen LogP contribution in [0.1, 0.15) is 29.6 Å². The molecular formula is C14H17FN2O3. The Morgan fingerprint density at radius 1 is 1.45 bits per heavy atom. The number of carboxylic acid groups (broad SMARTS) is 1. The third-order valence-corrected chi connectivity index (χ3v) is 3.62. The normalized spacial score (nSPS) is 18.2. The highest BCUT2D eigenvalue weighted by Crippen LogP contribution is 2.25. The van der Waals surface area contributed by atoms with Gasteiger partial charge in [-0.25, -0.2) is 4.39 Å². The summed E-state index contributed by atoms with van der Waals surface area (Å²) >= 11 is 0. The smallest absolute Gasteiger partial charge is 0.303 e. The van der Waals surface area contributed by atoms with Gasteiger partial charge in [0.05, 0.1) is 11.3 Å². The largest absolute Gasteiger partial charge is 0.481 e. The van der Waals surface area contributed by atoms with Gasteiger partial charge in [-0.05, 0) is 30.9 Å². The molecule has 2 rings (SSSR count). The third kappa shape index (κ3) is 3.07. The molecule has 0 saturated carbocycles. The minimum Gasteiger partial charge on any atom is -0.481 e. The van der Waals surface area contributed by atoms with Crippen molar-refractivity contribution in [3.8, 4) is 0 Å². The van der Waals surface area contributed by atoms with E-state index >= 15 is 0 Å². The van der Waals surface area contributed by atoms with Gasteiger partial charge in [0.25, 0.3) is 5.91 Å². The first-order chi connectivity index (χ1) is 9.49. The summed E-state index contributed by atoms with van der Waals surface area (Å²) in [6.07, 6.45) is 1.43. The summed E-state index contributed by atoms with van der Waals surface area (Å²) in [5.41, 5.74) is 5.62. The molecule has 1 aromatic carbocycles. The Kier molecular flexibility index (Phi) is 4.22. The topological polar surface area (TPSA) is 83.6 Å². The molecule has 1 unspecified atom stereocenters. The highest BCUT2D eigenvalue weighted by Gasteiger charge is 2.28. The fourth-order valence-electron chi connectivity index (χ4n) is 2.47. The minimum absolute atomic E-state index is 0.106. The maximum atomic E-state index is 13.4. The van der Waals surface area contributed by atoms with E-state index in [1.54, 1.807) is 4.90 Å². The van der Waals surface area contributed by atoms with E-state index in [4.69, 9.17) is 10.8 Å². The average Bonchev–Trinajstić information content (AvgIpc) is 2.87. The zero-order chi connectivity index (χ0) is 14.7. The van der Waals surface area contributed by atoms with Gasteiger partial charge in [-0.1, -0.05) is 6.07 Å². The molecule has 108 valence electrons. The molecule has 0 aromatic heterocycles. The summed E-state index contributed by atoms with van der Waals surface area (Å²) in [6.45, 7) is 1.06. The number of nitrogen functional groups attached to an aromatic ring is 1. The fraction of sp³-hybridized carbons (Fsp3) is 0.429. The van der Waals surface area contributed by atoms with Crippen LogP contribution in [0.2, 0.25) is 0 Å². The van der Waals surface area contributed by atoms with Crippen molar-refractivity contribution in [3.05, 3.63) is 29.6 Å². The summed E-state index contributed by atoms with van der Waals surface area (Å²) in [4.78, 5) is 24.4. The van der Waals surface area contributed by atoms with Gasteiger partial charge < -0.3 is 15.7 Å². The predicted molar refractivity (Wildman–Crippen MR) is 71.7 cm³/mol. The Morgan fingerprint density at radius 2 is 2.20 bits per heavy atom. The Balaban J connectivity index is 2.01. The molecule has 1 saturated heterocycles. The van der Waals surface area contributed by atoms with E-state index in [-0.39, 0.29) is 29.5 Å². The summed E-state index contributed by atoms with van der Waals surface area (Å²) < 4.78 is 13.4. The van der Waals surface area contributed by atoms with Crippen LogP contribution in [-0.2, 0) is 4.79 Å². The zero-order valence-electron chi connectivity index (χ0n) is 11.0. The van der Waals surface area contributed by atoms with Crippen LogP contribution in [-0.4, -0.2) is 35.0 Å². The lowest BCUT2D eigenvalue weighted by atomic mass is 10.0. The van der Waals surface area contributed by atoms with E-state index in [9.17, 15) is 14.0 Å². The SMILES string of the molecule is Nc1c(F)cccc1C(=O)N1CCC(CCC(=O)O)C1. The highest BCUT2D eigenvalue weighted by atomic mass is 19.1. The van der Waals surface area contributed by atoms with Gasteiger partial charge in [-0.3, -0.25) is 9.59 Å². The van der Waals surface area contributed by atoms with E-state index in [2.05, 4.69) is 0 Å². The van der Waals surface area contributed by atoms with Crippen LogP contribution in [0.15, 0.2) is 18.2 Å². The first-order valence-corrected chi connectivity index (χ1v) is 6.54. The van der Waals surface area contributed by atoms with E-state index in [0.29, 0.717) is 19.5 Å².